The normalized spacial score (nSPS) is 26.2. The van der Waals surface area contributed by atoms with Crippen LogP contribution in [0.25, 0.3) is 0 Å². The monoisotopic (exact) mass is 327 g/mol. The summed E-state index contributed by atoms with van der Waals surface area (Å²) in [5, 5.41) is 7.09. The highest BCUT2D eigenvalue weighted by atomic mass is 19.3. The average molecular weight is 327 g/mol. The molecule has 1 N–H and O–H groups in total. The van der Waals surface area contributed by atoms with Gasteiger partial charge in [0.15, 0.2) is 5.69 Å². The molecule has 1 aromatic heterocycles. The van der Waals surface area contributed by atoms with Gasteiger partial charge in [0.05, 0.1) is 17.9 Å². The number of nitrogens with one attached hydrogen (secondary N) is 1. The van der Waals surface area contributed by atoms with Crippen LogP contribution in [0, 0.1) is 5.92 Å². The van der Waals surface area contributed by atoms with Crippen molar-refractivity contribution in [3.05, 3.63) is 17.0 Å². The molecular formula is C16H23F2N3O2. The van der Waals surface area contributed by atoms with Crippen molar-refractivity contribution in [2.45, 2.75) is 58.2 Å². The fourth-order valence-electron chi connectivity index (χ4n) is 3.59. The Hall–Kier alpha value is -1.50. The van der Waals surface area contributed by atoms with Crippen molar-refractivity contribution in [2.24, 2.45) is 5.92 Å². The molecule has 0 bridgehead atoms. The van der Waals surface area contributed by atoms with E-state index < -0.39 is 11.8 Å². The minimum absolute atomic E-state index is 0.0335. The van der Waals surface area contributed by atoms with Crippen LogP contribution in [0.4, 0.5) is 8.78 Å². The first-order valence-electron chi connectivity index (χ1n) is 8.17. The second-order valence-electron chi connectivity index (χ2n) is 6.78. The molecule has 5 nitrogen and oxygen atoms in total. The molecular weight excluding hydrogens is 304 g/mol. The van der Waals surface area contributed by atoms with Crippen LogP contribution in [0.2, 0.25) is 0 Å². The molecule has 1 aromatic rings. The number of alkyl halides is 2. The minimum atomic E-state index is -2.68. The zero-order chi connectivity index (χ0) is 16.8. The quantitative estimate of drug-likeness (QED) is 0.908. The summed E-state index contributed by atoms with van der Waals surface area (Å²) in [6, 6.07) is 0. The number of fused-ring (bicyclic) bond motifs is 1. The van der Waals surface area contributed by atoms with Gasteiger partial charge in [0.1, 0.15) is 0 Å². The number of H-pyrrole nitrogens is 1. The first-order valence-corrected chi connectivity index (χ1v) is 8.17. The van der Waals surface area contributed by atoms with Gasteiger partial charge >= 0.3 is 0 Å². The lowest BCUT2D eigenvalue weighted by Crippen LogP contribution is -2.43. The zero-order valence-corrected chi connectivity index (χ0v) is 13.7. The molecule has 0 aliphatic carbocycles. The third-order valence-corrected chi connectivity index (χ3v) is 4.94. The minimum Gasteiger partial charge on any atom is -0.369 e. The van der Waals surface area contributed by atoms with Crippen LogP contribution in [0.5, 0.6) is 0 Å². The van der Waals surface area contributed by atoms with Gasteiger partial charge in [-0.15, -0.1) is 0 Å². The molecule has 0 saturated carbocycles. The third kappa shape index (κ3) is 3.11. The number of rotatable bonds is 2. The number of carbonyl (C=O) groups excluding carboxylic acids is 1. The predicted molar refractivity (Wildman–Crippen MR) is 80.5 cm³/mol. The van der Waals surface area contributed by atoms with Crippen LogP contribution < -0.4 is 0 Å². The summed E-state index contributed by atoms with van der Waals surface area (Å²) in [6.07, 6.45) is 1.22. The van der Waals surface area contributed by atoms with E-state index in [0.29, 0.717) is 38.0 Å². The average Bonchev–Trinajstić information content (AvgIpc) is 2.89. The van der Waals surface area contributed by atoms with Crippen molar-refractivity contribution in [1.29, 1.82) is 0 Å². The first-order chi connectivity index (χ1) is 10.8. The van der Waals surface area contributed by atoms with Crippen molar-refractivity contribution in [2.75, 3.05) is 13.1 Å². The molecule has 0 radical (unpaired) electrons. The van der Waals surface area contributed by atoms with Gasteiger partial charge in [-0.1, -0.05) is 0 Å². The maximum atomic E-state index is 13.4. The van der Waals surface area contributed by atoms with E-state index in [1.807, 2.05) is 13.8 Å². The summed E-state index contributed by atoms with van der Waals surface area (Å²) in [5.74, 6) is -3.49. The van der Waals surface area contributed by atoms with Crippen LogP contribution in [0.3, 0.4) is 0 Å². The van der Waals surface area contributed by atoms with E-state index in [1.165, 1.54) is 0 Å². The fraction of sp³-hybridized carbons (Fsp3) is 0.750. The van der Waals surface area contributed by atoms with Gasteiger partial charge in [-0.2, -0.15) is 5.10 Å². The highest BCUT2D eigenvalue weighted by Crippen LogP contribution is 2.34. The van der Waals surface area contributed by atoms with Gasteiger partial charge in [0.25, 0.3) is 5.91 Å². The second-order valence-corrected chi connectivity index (χ2v) is 6.78. The van der Waals surface area contributed by atoms with E-state index in [1.54, 1.807) is 4.90 Å². The number of hydrogen-bond acceptors (Lipinski definition) is 3. The van der Waals surface area contributed by atoms with E-state index in [9.17, 15) is 13.6 Å². The lowest BCUT2D eigenvalue weighted by Gasteiger charge is -2.34. The van der Waals surface area contributed by atoms with Gasteiger partial charge in [0.2, 0.25) is 5.92 Å². The van der Waals surface area contributed by atoms with Gasteiger partial charge in [-0.25, -0.2) is 8.78 Å². The van der Waals surface area contributed by atoms with Gasteiger partial charge in [0, 0.05) is 31.0 Å². The van der Waals surface area contributed by atoms with Gasteiger partial charge < -0.3 is 9.64 Å². The molecule has 2 aliphatic rings. The topological polar surface area (TPSA) is 58.2 Å². The van der Waals surface area contributed by atoms with Crippen LogP contribution >= 0.6 is 0 Å². The zero-order valence-electron chi connectivity index (χ0n) is 13.7. The fourth-order valence-corrected chi connectivity index (χ4v) is 3.59. The van der Waals surface area contributed by atoms with Crippen LogP contribution in [0.15, 0.2) is 0 Å². The number of aromatic nitrogens is 2. The molecule has 0 spiro atoms. The Balaban J connectivity index is 1.73. The lowest BCUT2D eigenvalue weighted by atomic mass is 9.91. The summed E-state index contributed by atoms with van der Waals surface area (Å²) < 4.78 is 32.5. The van der Waals surface area contributed by atoms with Crippen LogP contribution in [-0.2, 0) is 11.2 Å². The lowest BCUT2D eigenvalue weighted by molar-refractivity contribution is -0.0595. The summed E-state index contributed by atoms with van der Waals surface area (Å²) in [6.45, 7) is 5.57. The summed E-state index contributed by atoms with van der Waals surface area (Å²) in [5.41, 5.74) is 2.18. The number of halogens is 2. The molecule has 1 amide bonds. The molecule has 1 fully saturated rings. The largest absolute Gasteiger partial charge is 0.369 e. The van der Waals surface area contributed by atoms with Crippen molar-refractivity contribution >= 4 is 5.91 Å². The van der Waals surface area contributed by atoms with E-state index in [0.717, 1.165) is 18.2 Å². The summed E-state index contributed by atoms with van der Waals surface area (Å²) >= 11 is 0. The van der Waals surface area contributed by atoms with E-state index >= 15 is 0 Å². The van der Waals surface area contributed by atoms with Crippen molar-refractivity contribution in [3.8, 4) is 0 Å². The number of carbonyl (C=O) groups is 1. The van der Waals surface area contributed by atoms with Crippen molar-refractivity contribution in [3.63, 3.8) is 0 Å². The number of piperidine rings is 1. The molecule has 0 aromatic carbocycles. The summed E-state index contributed by atoms with van der Waals surface area (Å²) in [4.78, 5) is 14.4. The van der Waals surface area contributed by atoms with Crippen LogP contribution in [-0.4, -0.2) is 46.1 Å². The Labute approximate surface area is 134 Å². The standard InChI is InChI=1S/C16H23F2N3O2/c1-9-8-12-13(10(2)23-9)19-20-14(12)15(22)21-6-4-11(5-7-21)16(3,17)18/h9-11H,4-8H2,1-3H3,(H,19,20)/t9-,10+/m1/s1. The Morgan fingerprint density at radius 2 is 2.00 bits per heavy atom. The van der Waals surface area contributed by atoms with Gasteiger partial charge in [-0.05, 0) is 33.6 Å². The number of aromatic amines is 1. The maximum Gasteiger partial charge on any atom is 0.274 e. The first kappa shape index (κ1) is 16.4. The van der Waals surface area contributed by atoms with Crippen LogP contribution in [0.1, 0.15) is 61.5 Å². The maximum absolute atomic E-state index is 13.4. The number of hydrogen-bond donors (Lipinski definition) is 1. The molecule has 2 aliphatic heterocycles. The Bertz CT molecular complexity index is 589. The summed E-state index contributed by atoms with van der Waals surface area (Å²) in [7, 11) is 0. The Morgan fingerprint density at radius 1 is 1.35 bits per heavy atom. The number of nitrogens with zero attached hydrogens (tertiary/aromatic N) is 2. The van der Waals surface area contributed by atoms with Crippen molar-refractivity contribution in [1.82, 2.24) is 15.1 Å². The van der Waals surface area contributed by atoms with E-state index in [-0.39, 0.29) is 18.1 Å². The third-order valence-electron chi connectivity index (χ3n) is 4.94. The van der Waals surface area contributed by atoms with Gasteiger partial charge in [-0.3, -0.25) is 9.89 Å². The molecule has 3 rings (SSSR count). The number of likely N-dealkylation sites (tertiary alicyclic amines) is 1. The smallest absolute Gasteiger partial charge is 0.274 e. The SMILES string of the molecule is C[C@@H]1Cc2c(C(=O)N3CCC(C(C)(F)F)CC3)n[nH]c2[C@H](C)O1. The van der Waals surface area contributed by atoms with Crippen molar-refractivity contribution < 1.29 is 18.3 Å². The number of ether oxygens (including phenoxy) is 1. The molecule has 1 saturated heterocycles. The molecule has 2 atom stereocenters. The molecule has 23 heavy (non-hydrogen) atoms. The van der Waals surface area contributed by atoms with E-state index in [2.05, 4.69) is 10.2 Å². The predicted octanol–water partition coefficient (Wildman–Crippen LogP) is 2.94. The van der Waals surface area contributed by atoms with E-state index in [4.69, 9.17) is 4.74 Å². The highest BCUT2D eigenvalue weighted by molar-refractivity contribution is 5.94. The molecule has 128 valence electrons. The second kappa shape index (κ2) is 5.85. The molecule has 0 unspecified atom stereocenters. The number of amides is 1. The molecule has 3 heterocycles. The molecule has 7 heteroatoms. The highest BCUT2D eigenvalue weighted by Gasteiger charge is 2.38. The Kier molecular flexibility index (Phi) is 4.16. The Morgan fingerprint density at radius 3 is 2.61 bits per heavy atom.